The third kappa shape index (κ3) is 5.76. The molecule has 0 radical (unpaired) electrons. The van der Waals surface area contributed by atoms with Crippen LogP contribution in [0.3, 0.4) is 0 Å². The average molecular weight is 389 g/mol. The number of likely N-dealkylation sites (tertiary alicyclic amines) is 1. The predicted octanol–water partition coefficient (Wildman–Crippen LogP) is 3.23. The first kappa shape index (κ1) is 19.3. The lowest BCUT2D eigenvalue weighted by atomic mass is 10.1. The summed E-state index contributed by atoms with van der Waals surface area (Å²) in [4.78, 5) is 10.7. The van der Waals surface area contributed by atoms with Crippen LogP contribution >= 0.6 is 11.6 Å². The number of guanidine groups is 1. The van der Waals surface area contributed by atoms with Crippen LogP contribution in [0.25, 0.3) is 0 Å². The largest absolute Gasteiger partial charge is 0.490 e. The molecular weight excluding hydrogens is 364 g/mol. The van der Waals surface area contributed by atoms with Crippen molar-refractivity contribution in [1.82, 2.24) is 15.2 Å². The van der Waals surface area contributed by atoms with Crippen molar-refractivity contribution in [2.75, 3.05) is 33.3 Å². The van der Waals surface area contributed by atoms with Crippen molar-refractivity contribution < 1.29 is 9.47 Å². The van der Waals surface area contributed by atoms with Crippen LogP contribution < -0.4 is 14.8 Å². The van der Waals surface area contributed by atoms with Gasteiger partial charge in [-0.3, -0.25) is 4.99 Å². The van der Waals surface area contributed by atoms with E-state index in [-0.39, 0.29) is 6.10 Å². The van der Waals surface area contributed by atoms with Gasteiger partial charge in [0.2, 0.25) is 5.88 Å². The number of benzene rings is 1. The lowest BCUT2D eigenvalue weighted by Gasteiger charge is -2.34. The third-order valence-corrected chi connectivity index (χ3v) is 4.64. The molecule has 0 aliphatic carbocycles. The number of pyridine rings is 1. The molecule has 1 aliphatic heterocycles. The lowest BCUT2D eigenvalue weighted by Crippen LogP contribution is -2.48. The molecule has 0 amide bonds. The van der Waals surface area contributed by atoms with Crippen LogP contribution in [-0.4, -0.2) is 55.2 Å². The van der Waals surface area contributed by atoms with E-state index in [1.54, 1.807) is 25.4 Å². The Kier molecular flexibility index (Phi) is 7.16. The highest BCUT2D eigenvalue weighted by atomic mass is 35.5. The fourth-order valence-corrected chi connectivity index (χ4v) is 3.17. The number of ether oxygens (including phenoxy) is 2. The van der Waals surface area contributed by atoms with E-state index < -0.39 is 0 Å². The Labute approximate surface area is 165 Å². The van der Waals surface area contributed by atoms with E-state index in [1.807, 2.05) is 30.3 Å². The number of rotatable bonds is 6. The van der Waals surface area contributed by atoms with Crippen molar-refractivity contribution in [2.45, 2.75) is 18.9 Å². The van der Waals surface area contributed by atoms with Gasteiger partial charge in [0, 0.05) is 39.2 Å². The van der Waals surface area contributed by atoms with Gasteiger partial charge in [0.25, 0.3) is 0 Å². The Balaban J connectivity index is 1.39. The van der Waals surface area contributed by atoms with E-state index in [2.05, 4.69) is 20.2 Å². The molecule has 3 rings (SSSR count). The standard InChI is InChI=1S/C20H25ClN4O2/c1-22-20(24-12-15-26-19-18(21)8-5-11-23-19)25-13-9-17(10-14-25)27-16-6-3-2-4-7-16/h2-8,11,17H,9-10,12-15H2,1H3,(H,22,24). The summed E-state index contributed by atoms with van der Waals surface area (Å²) >= 11 is 6.03. The Morgan fingerprint density at radius 2 is 2.00 bits per heavy atom. The number of aliphatic imine (C=N–C) groups is 1. The molecule has 1 aromatic carbocycles. The lowest BCUT2D eigenvalue weighted by molar-refractivity contribution is 0.129. The summed E-state index contributed by atoms with van der Waals surface area (Å²) in [5.74, 6) is 2.27. The second kappa shape index (κ2) is 10.0. The number of aromatic nitrogens is 1. The van der Waals surface area contributed by atoms with Gasteiger partial charge in [0.15, 0.2) is 5.96 Å². The molecule has 27 heavy (non-hydrogen) atoms. The molecular formula is C20H25ClN4O2. The number of hydrogen-bond acceptors (Lipinski definition) is 4. The summed E-state index contributed by atoms with van der Waals surface area (Å²) in [6.07, 6.45) is 3.84. The molecule has 144 valence electrons. The number of piperidine rings is 1. The first-order valence-corrected chi connectivity index (χ1v) is 9.54. The number of nitrogens with zero attached hydrogens (tertiary/aromatic N) is 3. The highest BCUT2D eigenvalue weighted by molar-refractivity contribution is 6.31. The maximum absolute atomic E-state index is 6.05. The molecule has 1 saturated heterocycles. The van der Waals surface area contributed by atoms with Crippen LogP contribution in [0.1, 0.15) is 12.8 Å². The minimum atomic E-state index is 0.247. The summed E-state index contributed by atoms with van der Waals surface area (Å²) in [7, 11) is 1.80. The second-order valence-electron chi connectivity index (χ2n) is 6.23. The summed E-state index contributed by atoms with van der Waals surface area (Å²) < 4.78 is 11.7. The number of halogens is 1. The minimum absolute atomic E-state index is 0.247. The van der Waals surface area contributed by atoms with E-state index in [0.29, 0.717) is 24.1 Å². The van der Waals surface area contributed by atoms with Gasteiger partial charge < -0.3 is 19.7 Å². The molecule has 2 aromatic rings. The number of hydrogen-bond donors (Lipinski definition) is 1. The first-order valence-electron chi connectivity index (χ1n) is 9.17. The molecule has 0 saturated carbocycles. The average Bonchev–Trinajstić information content (AvgIpc) is 2.71. The summed E-state index contributed by atoms with van der Waals surface area (Å²) in [5, 5.41) is 3.85. The monoisotopic (exact) mass is 388 g/mol. The van der Waals surface area contributed by atoms with Crippen molar-refractivity contribution >= 4 is 17.6 Å². The fraction of sp³-hybridized carbons (Fsp3) is 0.400. The van der Waals surface area contributed by atoms with Gasteiger partial charge in [0.1, 0.15) is 23.5 Å². The van der Waals surface area contributed by atoms with Crippen LogP contribution in [0.5, 0.6) is 11.6 Å². The van der Waals surface area contributed by atoms with Gasteiger partial charge in [0.05, 0.1) is 6.54 Å². The highest BCUT2D eigenvalue weighted by Crippen LogP contribution is 2.20. The zero-order valence-corrected chi connectivity index (χ0v) is 16.2. The Morgan fingerprint density at radius 1 is 1.22 bits per heavy atom. The zero-order valence-electron chi connectivity index (χ0n) is 15.5. The topological polar surface area (TPSA) is 59.0 Å². The van der Waals surface area contributed by atoms with Crippen LogP contribution in [0.4, 0.5) is 0 Å². The molecule has 0 atom stereocenters. The molecule has 1 aromatic heterocycles. The molecule has 7 heteroatoms. The van der Waals surface area contributed by atoms with Crippen molar-refractivity contribution in [2.24, 2.45) is 4.99 Å². The van der Waals surface area contributed by atoms with Crippen molar-refractivity contribution in [3.05, 3.63) is 53.7 Å². The van der Waals surface area contributed by atoms with Gasteiger partial charge >= 0.3 is 0 Å². The van der Waals surface area contributed by atoms with Crippen LogP contribution in [0.2, 0.25) is 5.02 Å². The Hall–Kier alpha value is -2.47. The SMILES string of the molecule is CN=C(NCCOc1ncccc1Cl)N1CCC(Oc2ccccc2)CC1. The third-order valence-electron chi connectivity index (χ3n) is 4.35. The number of nitrogens with one attached hydrogen (secondary N) is 1. The molecule has 2 heterocycles. The predicted molar refractivity (Wildman–Crippen MR) is 108 cm³/mol. The quantitative estimate of drug-likeness (QED) is 0.467. The first-order chi connectivity index (χ1) is 13.3. The second-order valence-corrected chi connectivity index (χ2v) is 6.64. The summed E-state index contributed by atoms with van der Waals surface area (Å²) in [6, 6.07) is 13.5. The fourth-order valence-electron chi connectivity index (χ4n) is 3.00. The molecule has 0 bridgehead atoms. The molecule has 0 unspecified atom stereocenters. The highest BCUT2D eigenvalue weighted by Gasteiger charge is 2.22. The normalized spacial score (nSPS) is 15.5. The maximum Gasteiger partial charge on any atom is 0.232 e. The van der Waals surface area contributed by atoms with E-state index >= 15 is 0 Å². The van der Waals surface area contributed by atoms with E-state index in [1.165, 1.54) is 0 Å². The zero-order chi connectivity index (χ0) is 18.9. The van der Waals surface area contributed by atoms with Gasteiger partial charge in [-0.05, 0) is 24.3 Å². The molecule has 6 nitrogen and oxygen atoms in total. The van der Waals surface area contributed by atoms with E-state index in [0.717, 1.165) is 37.6 Å². The molecule has 0 spiro atoms. The smallest absolute Gasteiger partial charge is 0.232 e. The van der Waals surface area contributed by atoms with Gasteiger partial charge in [-0.25, -0.2) is 4.98 Å². The van der Waals surface area contributed by atoms with Crippen LogP contribution in [0, 0.1) is 0 Å². The van der Waals surface area contributed by atoms with E-state index in [9.17, 15) is 0 Å². The molecule has 1 N–H and O–H groups in total. The molecule has 1 fully saturated rings. The van der Waals surface area contributed by atoms with Crippen LogP contribution in [0.15, 0.2) is 53.7 Å². The van der Waals surface area contributed by atoms with E-state index in [4.69, 9.17) is 21.1 Å². The van der Waals surface area contributed by atoms with Crippen molar-refractivity contribution in [3.8, 4) is 11.6 Å². The van der Waals surface area contributed by atoms with Crippen LogP contribution in [-0.2, 0) is 0 Å². The number of para-hydroxylation sites is 1. The maximum atomic E-state index is 6.05. The Bertz CT molecular complexity index is 734. The van der Waals surface area contributed by atoms with Gasteiger partial charge in [-0.15, -0.1) is 0 Å². The van der Waals surface area contributed by atoms with Crippen molar-refractivity contribution in [1.29, 1.82) is 0 Å². The summed E-state index contributed by atoms with van der Waals surface area (Å²) in [5.41, 5.74) is 0. The van der Waals surface area contributed by atoms with Gasteiger partial charge in [-0.2, -0.15) is 0 Å². The minimum Gasteiger partial charge on any atom is -0.490 e. The van der Waals surface area contributed by atoms with Crippen molar-refractivity contribution in [3.63, 3.8) is 0 Å². The van der Waals surface area contributed by atoms with Gasteiger partial charge in [-0.1, -0.05) is 29.8 Å². The summed E-state index contributed by atoms with van der Waals surface area (Å²) in [6.45, 7) is 2.90. The molecule has 1 aliphatic rings. The Morgan fingerprint density at radius 3 is 2.70 bits per heavy atom.